The van der Waals surface area contributed by atoms with Gasteiger partial charge >= 0.3 is 5.97 Å². The van der Waals surface area contributed by atoms with Crippen LogP contribution in [-0.2, 0) is 4.74 Å². The Balaban J connectivity index is 2.30. The van der Waals surface area contributed by atoms with Gasteiger partial charge in [-0.05, 0) is 20.8 Å². The summed E-state index contributed by atoms with van der Waals surface area (Å²) >= 11 is 2.89. The van der Waals surface area contributed by atoms with Crippen LogP contribution in [0.5, 0.6) is 0 Å². The third kappa shape index (κ3) is 2.53. The average molecular weight is 268 g/mol. The predicted octanol–water partition coefficient (Wildman–Crippen LogP) is 3.06. The van der Waals surface area contributed by atoms with E-state index in [1.54, 1.807) is 18.3 Å². The number of esters is 1. The molecule has 17 heavy (non-hydrogen) atoms. The number of aromatic nitrogens is 2. The van der Waals surface area contributed by atoms with Gasteiger partial charge < -0.3 is 4.74 Å². The lowest BCUT2D eigenvalue weighted by Crippen LogP contribution is -2.03. The lowest BCUT2D eigenvalue weighted by molar-refractivity contribution is 0.0526. The molecule has 0 bridgehead atoms. The first kappa shape index (κ1) is 12.2. The zero-order chi connectivity index (χ0) is 12.4. The smallest absolute Gasteiger partial charge is 0.367 e. The maximum Gasteiger partial charge on any atom is 0.367 e. The summed E-state index contributed by atoms with van der Waals surface area (Å²) in [6.45, 7) is 6.05. The highest BCUT2D eigenvalue weighted by Crippen LogP contribution is 2.30. The van der Waals surface area contributed by atoms with Crippen molar-refractivity contribution in [1.29, 1.82) is 0 Å². The second-order valence-corrected chi connectivity index (χ2v) is 5.47. The van der Waals surface area contributed by atoms with E-state index >= 15 is 0 Å². The minimum absolute atomic E-state index is 0.359. The van der Waals surface area contributed by atoms with Gasteiger partial charge in [-0.25, -0.2) is 14.8 Å². The number of carbonyl (C=O) groups excluding carboxylic acids is 1. The molecule has 4 nitrogen and oxygen atoms in total. The summed E-state index contributed by atoms with van der Waals surface area (Å²) in [4.78, 5) is 21.1. The van der Waals surface area contributed by atoms with E-state index in [-0.39, 0.29) is 5.97 Å². The highest BCUT2D eigenvalue weighted by molar-refractivity contribution is 7.16. The van der Waals surface area contributed by atoms with Crippen LogP contribution in [0.15, 0.2) is 5.38 Å². The molecule has 0 unspecified atom stereocenters. The second-order valence-electron chi connectivity index (χ2n) is 3.41. The quantitative estimate of drug-likeness (QED) is 0.803. The molecular formula is C11H12N2O2S2. The highest BCUT2D eigenvalue weighted by atomic mass is 32.1. The first-order chi connectivity index (χ1) is 8.11. The van der Waals surface area contributed by atoms with Gasteiger partial charge in [-0.15, -0.1) is 22.7 Å². The van der Waals surface area contributed by atoms with Crippen molar-refractivity contribution in [3.8, 4) is 10.6 Å². The number of aryl methyl sites for hydroxylation is 2. The van der Waals surface area contributed by atoms with Gasteiger partial charge in [-0.1, -0.05) is 0 Å². The number of thiazole rings is 2. The van der Waals surface area contributed by atoms with E-state index in [4.69, 9.17) is 4.74 Å². The summed E-state index contributed by atoms with van der Waals surface area (Å²) in [5, 5.41) is 3.27. The van der Waals surface area contributed by atoms with Gasteiger partial charge in [-0.3, -0.25) is 0 Å². The third-order valence-corrected chi connectivity index (χ3v) is 4.01. The van der Waals surface area contributed by atoms with Crippen LogP contribution < -0.4 is 0 Å². The fourth-order valence-electron chi connectivity index (χ4n) is 1.43. The molecule has 0 N–H and O–H groups in total. The van der Waals surface area contributed by atoms with Gasteiger partial charge in [0.15, 0.2) is 0 Å². The molecule has 0 aliphatic carbocycles. The van der Waals surface area contributed by atoms with E-state index in [0.717, 1.165) is 21.3 Å². The Hall–Kier alpha value is -1.27. The average Bonchev–Trinajstić information content (AvgIpc) is 2.85. The Labute approximate surface area is 107 Å². The molecule has 0 aliphatic heterocycles. The molecule has 0 aliphatic rings. The number of hydrogen-bond acceptors (Lipinski definition) is 6. The second kappa shape index (κ2) is 4.93. The SMILES string of the molecule is CCOC(=O)c1nc(-c2sc(C)nc2C)cs1. The lowest BCUT2D eigenvalue weighted by atomic mass is 10.3. The van der Waals surface area contributed by atoms with Crippen molar-refractivity contribution < 1.29 is 9.53 Å². The summed E-state index contributed by atoms with van der Waals surface area (Å²) < 4.78 is 4.91. The van der Waals surface area contributed by atoms with Crippen LogP contribution in [0.1, 0.15) is 27.4 Å². The van der Waals surface area contributed by atoms with E-state index in [2.05, 4.69) is 9.97 Å². The largest absolute Gasteiger partial charge is 0.461 e. The van der Waals surface area contributed by atoms with E-state index in [1.165, 1.54) is 11.3 Å². The maximum absolute atomic E-state index is 11.5. The number of rotatable bonds is 3. The Morgan fingerprint density at radius 3 is 2.76 bits per heavy atom. The maximum atomic E-state index is 11.5. The molecule has 0 fully saturated rings. The molecule has 2 rings (SSSR count). The highest BCUT2D eigenvalue weighted by Gasteiger charge is 2.15. The van der Waals surface area contributed by atoms with Crippen LogP contribution in [0, 0.1) is 13.8 Å². The summed E-state index contributed by atoms with van der Waals surface area (Å²) in [6, 6.07) is 0. The number of carbonyl (C=O) groups is 1. The van der Waals surface area contributed by atoms with Gasteiger partial charge in [-0.2, -0.15) is 0 Å². The van der Waals surface area contributed by atoms with Crippen molar-refractivity contribution in [3.05, 3.63) is 21.1 Å². The van der Waals surface area contributed by atoms with Gasteiger partial charge in [0.2, 0.25) is 5.01 Å². The van der Waals surface area contributed by atoms with Crippen molar-refractivity contribution in [2.24, 2.45) is 0 Å². The third-order valence-electron chi connectivity index (χ3n) is 2.09. The molecule has 2 heterocycles. The topological polar surface area (TPSA) is 52.1 Å². The minimum Gasteiger partial charge on any atom is -0.461 e. The first-order valence-electron chi connectivity index (χ1n) is 5.19. The molecule has 0 saturated carbocycles. The Kier molecular flexibility index (Phi) is 3.54. The Morgan fingerprint density at radius 1 is 1.41 bits per heavy atom. The van der Waals surface area contributed by atoms with Crippen molar-refractivity contribution in [2.45, 2.75) is 20.8 Å². The van der Waals surface area contributed by atoms with Crippen molar-refractivity contribution in [1.82, 2.24) is 9.97 Å². The van der Waals surface area contributed by atoms with E-state index in [1.807, 2.05) is 19.2 Å². The predicted molar refractivity (Wildman–Crippen MR) is 68.7 cm³/mol. The monoisotopic (exact) mass is 268 g/mol. The number of ether oxygens (including phenoxy) is 1. The summed E-state index contributed by atoms with van der Waals surface area (Å²) in [5.74, 6) is -0.359. The molecule has 2 aromatic heterocycles. The zero-order valence-corrected chi connectivity index (χ0v) is 11.4. The number of hydrogen-bond donors (Lipinski definition) is 0. The van der Waals surface area contributed by atoms with Crippen LogP contribution in [0.25, 0.3) is 10.6 Å². The molecule has 0 aromatic carbocycles. The van der Waals surface area contributed by atoms with Crippen molar-refractivity contribution in [2.75, 3.05) is 6.61 Å². The molecule has 0 radical (unpaired) electrons. The Morgan fingerprint density at radius 2 is 2.18 bits per heavy atom. The molecule has 0 amide bonds. The minimum atomic E-state index is -0.359. The first-order valence-corrected chi connectivity index (χ1v) is 6.88. The van der Waals surface area contributed by atoms with Crippen molar-refractivity contribution in [3.63, 3.8) is 0 Å². The molecule has 0 saturated heterocycles. The molecule has 6 heteroatoms. The van der Waals surface area contributed by atoms with Gasteiger partial charge in [0, 0.05) is 5.38 Å². The van der Waals surface area contributed by atoms with Crippen LogP contribution in [-0.4, -0.2) is 22.5 Å². The zero-order valence-electron chi connectivity index (χ0n) is 9.81. The summed E-state index contributed by atoms with van der Waals surface area (Å²) in [7, 11) is 0. The molecule has 0 atom stereocenters. The van der Waals surface area contributed by atoms with Crippen LogP contribution in [0.4, 0.5) is 0 Å². The fourth-order valence-corrected chi connectivity index (χ4v) is 3.09. The van der Waals surface area contributed by atoms with E-state index in [9.17, 15) is 4.79 Å². The number of nitrogens with zero attached hydrogens (tertiary/aromatic N) is 2. The summed E-state index contributed by atoms with van der Waals surface area (Å²) in [5.41, 5.74) is 1.76. The van der Waals surface area contributed by atoms with E-state index in [0.29, 0.717) is 11.6 Å². The van der Waals surface area contributed by atoms with Gasteiger partial charge in [0.1, 0.15) is 0 Å². The molecular weight excluding hydrogens is 256 g/mol. The van der Waals surface area contributed by atoms with Crippen LogP contribution >= 0.6 is 22.7 Å². The standard InChI is InChI=1S/C11H12N2O2S2/c1-4-15-11(14)10-13-8(5-16-10)9-6(2)12-7(3)17-9/h5H,4H2,1-3H3. The molecule has 90 valence electrons. The fraction of sp³-hybridized carbons (Fsp3) is 0.364. The van der Waals surface area contributed by atoms with Crippen molar-refractivity contribution >= 4 is 28.6 Å². The molecule has 2 aromatic rings. The van der Waals surface area contributed by atoms with Crippen LogP contribution in [0.2, 0.25) is 0 Å². The lowest BCUT2D eigenvalue weighted by Gasteiger charge is -1.95. The molecule has 0 spiro atoms. The normalized spacial score (nSPS) is 10.5. The van der Waals surface area contributed by atoms with Gasteiger partial charge in [0.25, 0.3) is 0 Å². The van der Waals surface area contributed by atoms with Gasteiger partial charge in [0.05, 0.1) is 27.9 Å². The van der Waals surface area contributed by atoms with E-state index < -0.39 is 0 Å². The Bertz CT molecular complexity index is 545. The van der Waals surface area contributed by atoms with Crippen LogP contribution in [0.3, 0.4) is 0 Å². The summed E-state index contributed by atoms with van der Waals surface area (Å²) in [6.07, 6.45) is 0.